The number of benzene rings is 2. The number of nitrogens with zero attached hydrogens (tertiary/aromatic N) is 1. The van der Waals surface area contributed by atoms with Crippen LogP contribution >= 0.6 is 0 Å². The molecule has 1 fully saturated rings. The molecule has 1 aliphatic heterocycles. The number of hydrogen-bond donors (Lipinski definition) is 1. The fourth-order valence-corrected chi connectivity index (χ4v) is 3.03. The average molecular weight is 333 g/mol. The Balaban J connectivity index is 0.00000192. The van der Waals surface area contributed by atoms with E-state index in [1.54, 1.807) is 0 Å². The number of aliphatic hydroxyl groups excluding tert-OH is 1. The molecule has 3 rings (SSSR count). The van der Waals surface area contributed by atoms with Crippen LogP contribution in [0.5, 0.6) is 0 Å². The van der Waals surface area contributed by atoms with Crippen LogP contribution in [0, 0.1) is 0 Å². The average Bonchev–Trinajstić information content (AvgIpc) is 2.61. The standard InChI is InChI=1S/C19H23NO2.ClH/c21-19(17-9-5-2-6-10-17)18(16-7-3-1-4-8-16)15-20-11-13-22-14-12-20;/h1-10,18-19,21H,11-15H2;1H/p-1. The number of hydrogen-bond acceptors (Lipinski definition) is 3. The summed E-state index contributed by atoms with van der Waals surface area (Å²) in [6.07, 6.45) is -0.494. The minimum absolute atomic E-state index is 0. The highest BCUT2D eigenvalue weighted by Crippen LogP contribution is 2.31. The van der Waals surface area contributed by atoms with E-state index in [4.69, 9.17) is 4.74 Å². The first kappa shape index (κ1) is 18.0. The molecule has 2 aromatic carbocycles. The maximum atomic E-state index is 10.9. The van der Waals surface area contributed by atoms with E-state index >= 15 is 0 Å². The zero-order chi connectivity index (χ0) is 15.2. The Kier molecular flexibility index (Phi) is 7.06. The second-order valence-electron chi connectivity index (χ2n) is 5.79. The van der Waals surface area contributed by atoms with Crippen molar-refractivity contribution in [2.45, 2.75) is 12.0 Å². The highest BCUT2D eigenvalue weighted by atomic mass is 35.5. The molecule has 0 saturated carbocycles. The maximum Gasteiger partial charge on any atom is 0.0870 e. The number of morpholine rings is 1. The Labute approximate surface area is 144 Å². The number of rotatable bonds is 5. The summed E-state index contributed by atoms with van der Waals surface area (Å²) in [6.45, 7) is 4.28. The lowest BCUT2D eigenvalue weighted by Crippen LogP contribution is -3.00. The van der Waals surface area contributed by atoms with Gasteiger partial charge in [-0.1, -0.05) is 60.7 Å². The molecule has 0 amide bonds. The van der Waals surface area contributed by atoms with Gasteiger partial charge in [0.15, 0.2) is 0 Å². The smallest absolute Gasteiger partial charge is 0.0870 e. The summed E-state index contributed by atoms with van der Waals surface area (Å²) in [7, 11) is 0. The van der Waals surface area contributed by atoms with Gasteiger partial charge in [-0.15, -0.1) is 0 Å². The van der Waals surface area contributed by atoms with E-state index in [1.165, 1.54) is 5.56 Å². The van der Waals surface area contributed by atoms with Gasteiger partial charge in [-0.3, -0.25) is 4.90 Å². The Morgan fingerprint density at radius 2 is 1.39 bits per heavy atom. The van der Waals surface area contributed by atoms with Gasteiger partial charge in [0, 0.05) is 25.6 Å². The van der Waals surface area contributed by atoms with Gasteiger partial charge >= 0.3 is 0 Å². The predicted octanol–water partition coefficient (Wildman–Crippen LogP) is -0.160. The Hall–Kier alpha value is -1.39. The zero-order valence-corrected chi connectivity index (χ0v) is 13.9. The summed E-state index contributed by atoms with van der Waals surface area (Å²) in [5.41, 5.74) is 2.16. The lowest BCUT2D eigenvalue weighted by Gasteiger charge is -2.33. The van der Waals surface area contributed by atoms with Crippen LogP contribution in [0.3, 0.4) is 0 Å². The minimum Gasteiger partial charge on any atom is -1.00 e. The van der Waals surface area contributed by atoms with Crippen molar-refractivity contribution in [3.63, 3.8) is 0 Å². The summed E-state index contributed by atoms with van der Waals surface area (Å²) in [5.74, 6) is 0.0710. The molecule has 0 spiro atoms. The van der Waals surface area contributed by atoms with E-state index in [-0.39, 0.29) is 18.3 Å². The minimum atomic E-state index is -0.494. The van der Waals surface area contributed by atoms with Crippen LogP contribution in [0.1, 0.15) is 23.1 Å². The highest BCUT2D eigenvalue weighted by Gasteiger charge is 2.25. The molecule has 124 valence electrons. The normalized spacial score (nSPS) is 18.0. The molecule has 2 aromatic rings. The summed E-state index contributed by atoms with van der Waals surface area (Å²) < 4.78 is 5.43. The Bertz CT molecular complexity index is 558. The molecule has 0 aromatic heterocycles. The molecule has 2 unspecified atom stereocenters. The van der Waals surface area contributed by atoms with Gasteiger partial charge in [0.05, 0.1) is 19.3 Å². The van der Waals surface area contributed by atoms with Gasteiger partial charge in [-0.25, -0.2) is 0 Å². The molecule has 2 atom stereocenters. The van der Waals surface area contributed by atoms with E-state index in [0.717, 1.165) is 38.4 Å². The Morgan fingerprint density at radius 1 is 0.870 bits per heavy atom. The quantitative estimate of drug-likeness (QED) is 0.826. The van der Waals surface area contributed by atoms with Crippen LogP contribution in [0.2, 0.25) is 0 Å². The topological polar surface area (TPSA) is 32.7 Å². The largest absolute Gasteiger partial charge is 1.00 e. The molecular formula is C19H23ClNO2-. The molecule has 3 nitrogen and oxygen atoms in total. The molecule has 0 radical (unpaired) electrons. The van der Waals surface area contributed by atoms with Gasteiger partial charge in [-0.05, 0) is 11.1 Å². The molecular weight excluding hydrogens is 310 g/mol. The second-order valence-corrected chi connectivity index (χ2v) is 5.79. The van der Waals surface area contributed by atoms with Crippen LogP contribution in [-0.2, 0) is 4.74 Å². The van der Waals surface area contributed by atoms with Crippen LogP contribution in [-0.4, -0.2) is 42.9 Å². The van der Waals surface area contributed by atoms with E-state index in [9.17, 15) is 5.11 Å². The van der Waals surface area contributed by atoms with Crippen molar-refractivity contribution in [3.8, 4) is 0 Å². The van der Waals surface area contributed by atoms with Gasteiger partial charge < -0.3 is 22.3 Å². The first-order valence-electron chi connectivity index (χ1n) is 7.92. The van der Waals surface area contributed by atoms with E-state index in [1.807, 2.05) is 48.5 Å². The highest BCUT2D eigenvalue weighted by molar-refractivity contribution is 5.27. The van der Waals surface area contributed by atoms with Crippen LogP contribution in [0.4, 0.5) is 0 Å². The molecule has 1 aliphatic rings. The molecule has 0 aliphatic carbocycles. The third-order valence-electron chi connectivity index (χ3n) is 4.31. The van der Waals surface area contributed by atoms with Crippen molar-refractivity contribution in [1.29, 1.82) is 0 Å². The fourth-order valence-electron chi connectivity index (χ4n) is 3.03. The first-order chi connectivity index (χ1) is 10.8. The van der Waals surface area contributed by atoms with Crippen molar-refractivity contribution >= 4 is 0 Å². The monoisotopic (exact) mass is 332 g/mol. The van der Waals surface area contributed by atoms with Crippen molar-refractivity contribution in [2.75, 3.05) is 32.8 Å². The van der Waals surface area contributed by atoms with Gasteiger partial charge in [0.25, 0.3) is 0 Å². The number of ether oxygens (including phenoxy) is 1. The summed E-state index contributed by atoms with van der Waals surface area (Å²) in [6, 6.07) is 20.3. The maximum absolute atomic E-state index is 10.9. The predicted molar refractivity (Wildman–Crippen MR) is 87.8 cm³/mol. The summed E-state index contributed by atoms with van der Waals surface area (Å²) in [5, 5.41) is 10.9. The third kappa shape index (κ3) is 4.79. The van der Waals surface area contributed by atoms with Crippen molar-refractivity contribution in [1.82, 2.24) is 4.90 Å². The lowest BCUT2D eigenvalue weighted by molar-refractivity contribution is -0.00000693. The van der Waals surface area contributed by atoms with Gasteiger partial charge in [-0.2, -0.15) is 0 Å². The molecule has 23 heavy (non-hydrogen) atoms. The van der Waals surface area contributed by atoms with E-state index in [2.05, 4.69) is 17.0 Å². The molecule has 1 N–H and O–H groups in total. The number of aliphatic hydroxyl groups is 1. The number of halogens is 1. The first-order valence-corrected chi connectivity index (χ1v) is 7.92. The molecule has 0 bridgehead atoms. The van der Waals surface area contributed by atoms with Crippen LogP contribution in [0.15, 0.2) is 60.7 Å². The van der Waals surface area contributed by atoms with E-state index in [0.29, 0.717) is 0 Å². The van der Waals surface area contributed by atoms with Crippen molar-refractivity contribution in [3.05, 3.63) is 71.8 Å². The Morgan fingerprint density at radius 3 is 1.96 bits per heavy atom. The van der Waals surface area contributed by atoms with Gasteiger partial charge in [0.2, 0.25) is 0 Å². The third-order valence-corrected chi connectivity index (χ3v) is 4.31. The molecule has 1 saturated heterocycles. The summed E-state index contributed by atoms with van der Waals surface area (Å²) in [4.78, 5) is 2.38. The van der Waals surface area contributed by atoms with Crippen molar-refractivity contribution < 1.29 is 22.3 Å². The molecule has 1 heterocycles. The zero-order valence-electron chi connectivity index (χ0n) is 13.1. The summed E-state index contributed by atoms with van der Waals surface area (Å²) >= 11 is 0. The van der Waals surface area contributed by atoms with Crippen molar-refractivity contribution in [2.24, 2.45) is 0 Å². The lowest BCUT2D eigenvalue weighted by atomic mass is 9.88. The SMILES string of the molecule is OC(c1ccccc1)C(CN1CCOCC1)c1ccccc1.[Cl-]. The fraction of sp³-hybridized carbons (Fsp3) is 0.368. The second kappa shape index (κ2) is 9.04. The van der Waals surface area contributed by atoms with E-state index < -0.39 is 6.10 Å². The van der Waals surface area contributed by atoms with Gasteiger partial charge in [0.1, 0.15) is 0 Å². The van der Waals surface area contributed by atoms with Crippen LogP contribution < -0.4 is 12.4 Å². The van der Waals surface area contributed by atoms with Crippen LogP contribution in [0.25, 0.3) is 0 Å². The molecule has 4 heteroatoms.